The second kappa shape index (κ2) is 19.2. The third-order valence-corrected chi connectivity index (χ3v) is 14.2. The van der Waals surface area contributed by atoms with E-state index in [1.807, 2.05) is 73.2 Å². The van der Waals surface area contributed by atoms with Gasteiger partial charge < -0.3 is 8.83 Å². The molecule has 0 saturated heterocycles. The van der Waals surface area contributed by atoms with Crippen molar-refractivity contribution in [3.05, 3.63) is 255 Å². The molecule has 0 amide bonds. The average Bonchev–Trinajstić information content (AvgIpc) is 3.44. The number of hydrogen-bond acceptors (Lipinski definition) is 7. The van der Waals surface area contributed by atoms with Crippen molar-refractivity contribution in [1.29, 1.82) is 0 Å². The van der Waals surface area contributed by atoms with E-state index >= 15 is 0 Å². The quantitative estimate of drug-likeness (QED) is 0.0940. The van der Waals surface area contributed by atoms with Crippen molar-refractivity contribution in [3.8, 4) is 55.8 Å². The van der Waals surface area contributed by atoms with Crippen LogP contribution in [0.5, 0.6) is 0 Å². The molecule has 0 bridgehead atoms. The maximum absolute atomic E-state index is 13.2. The number of fused-ring (bicyclic) bond motifs is 6. The van der Waals surface area contributed by atoms with Crippen LogP contribution in [0, 0.1) is 0 Å². The van der Waals surface area contributed by atoms with E-state index in [0.717, 1.165) is 83.2 Å². The lowest BCUT2D eigenvalue weighted by Crippen LogP contribution is -2.10. The van der Waals surface area contributed by atoms with E-state index in [4.69, 9.17) is 23.8 Å². The van der Waals surface area contributed by atoms with Crippen LogP contribution in [-0.2, 0) is 31.1 Å². The average molecular weight is 962 g/mol. The molecule has 0 saturated carbocycles. The van der Waals surface area contributed by atoms with Crippen LogP contribution in [0.1, 0.15) is 48.6 Å². The minimum atomic E-state index is -0.393. The normalized spacial score (nSPS) is 11.8. The largest absolute Gasteiger partial charge is 0.422 e. The van der Waals surface area contributed by atoms with E-state index in [0.29, 0.717) is 58.7 Å². The third kappa shape index (κ3) is 9.09. The summed E-state index contributed by atoms with van der Waals surface area (Å²) < 4.78 is 11.4. The van der Waals surface area contributed by atoms with Gasteiger partial charge in [-0.05, 0) is 146 Å². The third-order valence-electron chi connectivity index (χ3n) is 14.2. The van der Waals surface area contributed by atoms with E-state index in [2.05, 4.69) is 142 Å². The zero-order valence-corrected chi connectivity index (χ0v) is 41.4. The van der Waals surface area contributed by atoms with Crippen molar-refractivity contribution in [2.75, 3.05) is 0 Å². The minimum absolute atomic E-state index is 0.0188. The molecule has 7 nitrogen and oxygen atoms in total. The first-order chi connectivity index (χ1) is 36.1. The van der Waals surface area contributed by atoms with Gasteiger partial charge in [-0.25, -0.2) is 9.59 Å². The number of hydrogen-bond donors (Lipinski definition) is 0. The van der Waals surface area contributed by atoms with Gasteiger partial charge in [0.2, 0.25) is 0 Å². The summed E-state index contributed by atoms with van der Waals surface area (Å²) in [6.45, 7) is 6.72. The van der Waals surface area contributed by atoms with Crippen molar-refractivity contribution >= 4 is 43.7 Å². The molecule has 0 atom stereocenters. The minimum Gasteiger partial charge on any atom is -0.422 e. The Kier molecular flexibility index (Phi) is 11.9. The number of para-hydroxylation sites is 2. The predicted molar refractivity (Wildman–Crippen MR) is 301 cm³/mol. The summed E-state index contributed by atoms with van der Waals surface area (Å²) in [6.07, 6.45) is 8.51. The molecule has 0 radical (unpaired) electrons. The van der Waals surface area contributed by atoms with Crippen LogP contribution < -0.4 is 11.3 Å². The Morgan fingerprint density at radius 2 is 0.878 bits per heavy atom. The highest BCUT2D eigenvalue weighted by Crippen LogP contribution is 2.41. The zero-order valence-electron chi connectivity index (χ0n) is 41.4. The first kappa shape index (κ1) is 46.0. The van der Waals surface area contributed by atoms with E-state index < -0.39 is 11.3 Å². The Morgan fingerprint density at radius 3 is 1.49 bits per heavy atom. The first-order valence-electron chi connectivity index (χ1n) is 25.2. The number of pyridine rings is 3. The SMILES string of the molecule is CC(C)(C)c1cccc(-c2cc(-c3ccc(-c4ccccc4)cc3)c(-c3ccccc3-c3cc(CCc4cnc5c(c4)c(=O)oc4ccccc45)cc(CCc4cnc5c(c4)c(=O)oc4ccccc45)c3)cn2)c1. The molecule has 0 fully saturated rings. The van der Waals surface area contributed by atoms with Crippen LogP contribution in [0.3, 0.4) is 0 Å². The van der Waals surface area contributed by atoms with Crippen LogP contribution >= 0.6 is 0 Å². The van der Waals surface area contributed by atoms with Crippen LogP contribution in [0.25, 0.3) is 99.5 Å². The fourth-order valence-electron chi connectivity index (χ4n) is 10.3. The molecule has 0 aliphatic rings. The number of rotatable bonds is 11. The maximum Gasteiger partial charge on any atom is 0.345 e. The van der Waals surface area contributed by atoms with Gasteiger partial charge in [-0.2, -0.15) is 0 Å². The Hall–Kier alpha value is -9.07. The van der Waals surface area contributed by atoms with Crippen molar-refractivity contribution in [2.45, 2.75) is 51.9 Å². The van der Waals surface area contributed by atoms with Crippen LogP contribution in [-0.4, -0.2) is 15.0 Å². The molecule has 5 heterocycles. The van der Waals surface area contributed by atoms with Crippen molar-refractivity contribution in [3.63, 3.8) is 0 Å². The molecule has 7 heteroatoms. The standard InChI is InChI=1S/C67H51N3O4/c1-67(2,3)51-17-13-16-49(37-51)60-38-56(48-30-28-47(29-31-48)46-14-5-4-6-15-46)59(41-68-60)53-19-8-7-18-52(53)50-33-42(24-26-44-35-57-63(69-39-44)54-20-9-11-22-61(54)73-65(57)71)32-43(34-50)25-27-45-36-58-64(70-40-45)55-21-10-12-23-62(55)74-66(58)72/h4-23,28-41H,24-27H2,1-3H3. The van der Waals surface area contributed by atoms with E-state index in [1.165, 1.54) is 11.1 Å². The lowest BCUT2D eigenvalue weighted by atomic mass is 9.85. The fourth-order valence-corrected chi connectivity index (χ4v) is 10.3. The zero-order chi connectivity index (χ0) is 50.3. The number of benzene rings is 7. The van der Waals surface area contributed by atoms with Gasteiger partial charge in [0.25, 0.3) is 0 Å². The highest BCUT2D eigenvalue weighted by atomic mass is 16.4. The second-order valence-corrected chi connectivity index (χ2v) is 20.2. The molecule has 0 N–H and O–H groups in total. The lowest BCUT2D eigenvalue weighted by molar-refractivity contribution is 0.569. The Labute approximate surface area is 428 Å². The van der Waals surface area contributed by atoms with Gasteiger partial charge >= 0.3 is 11.3 Å². The fraction of sp³-hybridized carbons (Fsp3) is 0.119. The molecule has 5 aromatic heterocycles. The molecule has 0 aliphatic carbocycles. The smallest absolute Gasteiger partial charge is 0.345 e. The molecule has 0 unspecified atom stereocenters. The molecule has 12 rings (SSSR count). The summed E-state index contributed by atoms with van der Waals surface area (Å²) in [6, 6.07) is 64.7. The molecule has 74 heavy (non-hydrogen) atoms. The lowest BCUT2D eigenvalue weighted by Gasteiger charge is -2.20. The van der Waals surface area contributed by atoms with Gasteiger partial charge in [0.1, 0.15) is 11.2 Å². The van der Waals surface area contributed by atoms with Crippen LogP contribution in [0.2, 0.25) is 0 Å². The topological polar surface area (TPSA) is 99.1 Å². The molecule has 12 aromatic rings. The van der Waals surface area contributed by atoms with Crippen molar-refractivity contribution in [2.24, 2.45) is 0 Å². The van der Waals surface area contributed by atoms with Gasteiger partial charge in [-0.15, -0.1) is 0 Å². The van der Waals surface area contributed by atoms with Gasteiger partial charge in [0.15, 0.2) is 0 Å². The number of aromatic nitrogens is 3. The highest BCUT2D eigenvalue weighted by molar-refractivity contribution is 6.02. The Morgan fingerprint density at radius 1 is 0.365 bits per heavy atom. The monoisotopic (exact) mass is 961 g/mol. The Balaban J connectivity index is 0.952. The number of nitrogens with zero attached hydrogens (tertiary/aromatic N) is 3. The maximum atomic E-state index is 13.2. The van der Waals surface area contributed by atoms with Gasteiger partial charge in [-0.3, -0.25) is 15.0 Å². The second-order valence-electron chi connectivity index (χ2n) is 20.2. The van der Waals surface area contributed by atoms with E-state index in [-0.39, 0.29) is 5.41 Å². The van der Waals surface area contributed by atoms with Crippen molar-refractivity contribution in [1.82, 2.24) is 15.0 Å². The summed E-state index contributed by atoms with van der Waals surface area (Å²) in [4.78, 5) is 41.3. The molecule has 7 aromatic carbocycles. The van der Waals surface area contributed by atoms with E-state index in [9.17, 15) is 9.59 Å². The summed E-state index contributed by atoms with van der Waals surface area (Å²) >= 11 is 0. The molecule has 358 valence electrons. The van der Waals surface area contributed by atoms with Gasteiger partial charge in [0, 0.05) is 40.5 Å². The van der Waals surface area contributed by atoms with E-state index in [1.54, 1.807) is 12.1 Å². The summed E-state index contributed by atoms with van der Waals surface area (Å²) in [5.41, 5.74) is 17.7. The van der Waals surface area contributed by atoms with Gasteiger partial charge in [-0.1, -0.05) is 160 Å². The Bertz CT molecular complexity index is 4070. The highest BCUT2D eigenvalue weighted by Gasteiger charge is 2.19. The number of aryl methyl sites for hydroxylation is 4. The molecule has 0 aliphatic heterocycles. The van der Waals surface area contributed by atoms with Crippen molar-refractivity contribution < 1.29 is 8.83 Å². The first-order valence-corrected chi connectivity index (χ1v) is 25.2. The molecular formula is C67H51N3O4. The molecular weight excluding hydrogens is 911 g/mol. The summed E-state index contributed by atoms with van der Waals surface area (Å²) in [7, 11) is 0. The van der Waals surface area contributed by atoms with Crippen LogP contribution in [0.4, 0.5) is 0 Å². The summed E-state index contributed by atoms with van der Waals surface area (Å²) in [5.74, 6) is 0. The molecule has 0 spiro atoms. The van der Waals surface area contributed by atoms with Crippen LogP contribution in [0.15, 0.2) is 225 Å². The van der Waals surface area contributed by atoms with Gasteiger partial charge in [0.05, 0.1) is 27.5 Å². The summed E-state index contributed by atoms with van der Waals surface area (Å²) in [5, 5.41) is 2.57. The predicted octanol–water partition coefficient (Wildman–Crippen LogP) is 15.6.